The number of rotatable bonds is 7. The van der Waals surface area contributed by atoms with Crippen molar-refractivity contribution in [3.63, 3.8) is 0 Å². The molecule has 0 saturated carbocycles. The molecule has 0 aromatic heterocycles. The van der Waals surface area contributed by atoms with Gasteiger partial charge < -0.3 is 5.32 Å². The molecular weight excluding hydrogens is 214 g/mol. The lowest BCUT2D eigenvalue weighted by Gasteiger charge is -2.15. The molecule has 1 atom stereocenters. The summed E-state index contributed by atoms with van der Waals surface area (Å²) in [6, 6.07) is 9.46. The zero-order chi connectivity index (χ0) is 11.8. The summed E-state index contributed by atoms with van der Waals surface area (Å²) in [4.78, 5) is 0. The Kier molecular flexibility index (Phi) is 6.58. The highest BCUT2D eigenvalue weighted by atomic mass is 32.2. The van der Waals surface area contributed by atoms with Crippen molar-refractivity contribution >= 4 is 11.8 Å². The van der Waals surface area contributed by atoms with Crippen LogP contribution in [0.25, 0.3) is 0 Å². The fourth-order valence-corrected chi connectivity index (χ4v) is 2.90. The summed E-state index contributed by atoms with van der Waals surface area (Å²) in [7, 11) is 0. The number of hydrogen-bond acceptors (Lipinski definition) is 2. The average molecular weight is 237 g/mol. The topological polar surface area (TPSA) is 12.0 Å². The van der Waals surface area contributed by atoms with Gasteiger partial charge >= 0.3 is 0 Å². The van der Waals surface area contributed by atoms with Gasteiger partial charge in [-0.1, -0.05) is 43.7 Å². The lowest BCUT2D eigenvalue weighted by Crippen LogP contribution is -2.30. The number of aryl methyl sites for hydroxylation is 1. The summed E-state index contributed by atoms with van der Waals surface area (Å²) in [5.74, 6) is 2.34. The highest BCUT2D eigenvalue weighted by molar-refractivity contribution is 7.98. The van der Waals surface area contributed by atoms with E-state index in [-0.39, 0.29) is 0 Å². The summed E-state index contributed by atoms with van der Waals surface area (Å²) in [6.07, 6.45) is 1.22. The molecule has 0 radical (unpaired) electrons. The van der Waals surface area contributed by atoms with Crippen LogP contribution in [0.1, 0.15) is 31.4 Å². The normalized spacial score (nSPS) is 12.7. The van der Waals surface area contributed by atoms with Gasteiger partial charge in [-0.25, -0.2) is 0 Å². The van der Waals surface area contributed by atoms with Gasteiger partial charge in [0.15, 0.2) is 0 Å². The van der Waals surface area contributed by atoms with Gasteiger partial charge in [-0.3, -0.25) is 0 Å². The molecule has 1 unspecified atom stereocenters. The van der Waals surface area contributed by atoms with Crippen molar-refractivity contribution in [2.45, 2.75) is 39.0 Å². The average Bonchev–Trinajstić information content (AvgIpc) is 2.28. The maximum Gasteiger partial charge on any atom is 0.0185 e. The molecule has 0 amide bonds. The van der Waals surface area contributed by atoms with Crippen molar-refractivity contribution in [1.29, 1.82) is 0 Å². The molecular formula is C14H23NS. The molecule has 0 spiro atoms. The van der Waals surface area contributed by atoms with Crippen LogP contribution in [0.2, 0.25) is 0 Å². The van der Waals surface area contributed by atoms with E-state index in [1.807, 2.05) is 11.8 Å². The van der Waals surface area contributed by atoms with Crippen LogP contribution in [-0.4, -0.2) is 18.3 Å². The predicted octanol–water partition coefficient (Wildman–Crippen LogP) is 3.62. The van der Waals surface area contributed by atoms with E-state index in [0.717, 1.165) is 12.3 Å². The van der Waals surface area contributed by atoms with Gasteiger partial charge in [0, 0.05) is 17.5 Å². The van der Waals surface area contributed by atoms with E-state index < -0.39 is 0 Å². The van der Waals surface area contributed by atoms with Crippen LogP contribution in [0.3, 0.4) is 0 Å². The summed E-state index contributed by atoms with van der Waals surface area (Å²) in [5, 5.41) is 3.51. The Labute approximate surface area is 104 Å². The van der Waals surface area contributed by atoms with E-state index in [1.54, 1.807) is 0 Å². The Morgan fingerprint density at radius 3 is 2.75 bits per heavy atom. The molecule has 0 aliphatic heterocycles. The number of thioether (sulfide) groups is 1. The second-order valence-electron chi connectivity index (χ2n) is 4.17. The van der Waals surface area contributed by atoms with Crippen LogP contribution in [0, 0.1) is 6.92 Å². The SMILES string of the molecule is CCNC(CC)CSCc1cccc(C)c1. The van der Waals surface area contributed by atoms with Crippen molar-refractivity contribution < 1.29 is 0 Å². The first-order valence-corrected chi connectivity index (χ1v) is 7.28. The van der Waals surface area contributed by atoms with Crippen molar-refractivity contribution in [2.75, 3.05) is 12.3 Å². The molecule has 0 fully saturated rings. The third-order valence-corrected chi connectivity index (χ3v) is 3.83. The maximum absolute atomic E-state index is 3.51. The minimum Gasteiger partial charge on any atom is -0.313 e. The van der Waals surface area contributed by atoms with E-state index in [2.05, 4.69) is 50.4 Å². The molecule has 0 bridgehead atoms. The standard InChI is InChI=1S/C14H23NS/c1-4-14(15-5-2)11-16-10-13-8-6-7-12(3)9-13/h6-9,14-15H,4-5,10-11H2,1-3H3. The highest BCUT2D eigenvalue weighted by Crippen LogP contribution is 2.15. The first-order valence-electron chi connectivity index (χ1n) is 6.13. The van der Waals surface area contributed by atoms with Crippen LogP contribution in [-0.2, 0) is 5.75 Å². The molecule has 0 aliphatic carbocycles. The lowest BCUT2D eigenvalue weighted by atomic mass is 10.2. The Bertz CT molecular complexity index is 299. The lowest BCUT2D eigenvalue weighted by molar-refractivity contribution is 0.560. The number of nitrogens with one attached hydrogen (secondary N) is 1. The predicted molar refractivity (Wildman–Crippen MR) is 75.1 cm³/mol. The number of benzene rings is 1. The van der Waals surface area contributed by atoms with E-state index in [9.17, 15) is 0 Å². The maximum atomic E-state index is 3.51. The fraction of sp³-hybridized carbons (Fsp3) is 0.571. The molecule has 0 heterocycles. The Hall–Kier alpha value is -0.470. The molecule has 1 aromatic rings. The smallest absolute Gasteiger partial charge is 0.0185 e. The molecule has 0 saturated heterocycles. The first-order chi connectivity index (χ1) is 7.76. The quantitative estimate of drug-likeness (QED) is 0.777. The Balaban J connectivity index is 2.29. The third kappa shape index (κ3) is 5.04. The summed E-state index contributed by atoms with van der Waals surface area (Å²) in [6.45, 7) is 7.65. The van der Waals surface area contributed by atoms with Gasteiger partial charge in [0.05, 0.1) is 0 Å². The van der Waals surface area contributed by atoms with Gasteiger partial charge in [0.1, 0.15) is 0 Å². The third-order valence-electron chi connectivity index (χ3n) is 2.66. The van der Waals surface area contributed by atoms with Gasteiger partial charge in [0.25, 0.3) is 0 Å². The highest BCUT2D eigenvalue weighted by Gasteiger charge is 2.04. The molecule has 1 rings (SSSR count). The fourth-order valence-electron chi connectivity index (χ4n) is 1.73. The van der Waals surface area contributed by atoms with Crippen molar-refractivity contribution in [3.8, 4) is 0 Å². The van der Waals surface area contributed by atoms with Crippen molar-refractivity contribution in [2.24, 2.45) is 0 Å². The molecule has 0 aliphatic rings. The monoisotopic (exact) mass is 237 g/mol. The van der Waals surface area contributed by atoms with Gasteiger partial charge in [-0.05, 0) is 25.5 Å². The Morgan fingerprint density at radius 1 is 1.31 bits per heavy atom. The molecule has 1 N–H and O–H groups in total. The first kappa shape index (κ1) is 13.6. The van der Waals surface area contributed by atoms with E-state index in [0.29, 0.717) is 6.04 Å². The molecule has 2 heteroatoms. The van der Waals surface area contributed by atoms with Crippen LogP contribution in [0.5, 0.6) is 0 Å². The van der Waals surface area contributed by atoms with E-state index >= 15 is 0 Å². The van der Waals surface area contributed by atoms with Crippen LogP contribution < -0.4 is 5.32 Å². The minimum atomic E-state index is 0.666. The van der Waals surface area contributed by atoms with E-state index in [4.69, 9.17) is 0 Å². The second-order valence-corrected chi connectivity index (χ2v) is 5.20. The van der Waals surface area contributed by atoms with Crippen LogP contribution in [0.15, 0.2) is 24.3 Å². The van der Waals surface area contributed by atoms with E-state index in [1.165, 1.54) is 23.3 Å². The largest absolute Gasteiger partial charge is 0.313 e. The summed E-state index contributed by atoms with van der Waals surface area (Å²) in [5.41, 5.74) is 2.80. The van der Waals surface area contributed by atoms with Gasteiger partial charge in [0.2, 0.25) is 0 Å². The van der Waals surface area contributed by atoms with Crippen molar-refractivity contribution in [1.82, 2.24) is 5.32 Å². The van der Waals surface area contributed by atoms with Gasteiger partial charge in [-0.2, -0.15) is 11.8 Å². The summed E-state index contributed by atoms with van der Waals surface area (Å²) >= 11 is 2.03. The molecule has 1 aromatic carbocycles. The van der Waals surface area contributed by atoms with Crippen molar-refractivity contribution in [3.05, 3.63) is 35.4 Å². The zero-order valence-electron chi connectivity index (χ0n) is 10.6. The molecule has 16 heavy (non-hydrogen) atoms. The van der Waals surface area contributed by atoms with Gasteiger partial charge in [-0.15, -0.1) is 0 Å². The second kappa shape index (κ2) is 7.75. The molecule has 1 nitrogen and oxygen atoms in total. The summed E-state index contributed by atoms with van der Waals surface area (Å²) < 4.78 is 0. The minimum absolute atomic E-state index is 0.666. The van der Waals surface area contributed by atoms with Crippen LogP contribution in [0.4, 0.5) is 0 Å². The van der Waals surface area contributed by atoms with Crippen LogP contribution >= 0.6 is 11.8 Å². The zero-order valence-corrected chi connectivity index (χ0v) is 11.4. The Morgan fingerprint density at radius 2 is 2.12 bits per heavy atom. The number of hydrogen-bond donors (Lipinski definition) is 1. The molecule has 90 valence electrons.